The number of ether oxygens (including phenoxy) is 1. The molecule has 1 aliphatic heterocycles. The van der Waals surface area contributed by atoms with Gasteiger partial charge in [0.25, 0.3) is 0 Å². The van der Waals surface area contributed by atoms with Crippen LogP contribution in [-0.2, 0) is 13.8 Å². The summed E-state index contributed by atoms with van der Waals surface area (Å²) in [4.78, 5) is 22.0. The second kappa shape index (κ2) is 6.97. The molecule has 1 saturated heterocycles. The first-order chi connectivity index (χ1) is 11.8. The standard InChI is InChI=1S/C14H22N5O5P/c1-8(2)5-25(21,22)23-4-10-9(20)3-11(24-10)19-7-18-12-13(15)16-6-17-14(12)19/h6-11,20H,3-5H2,1-2H3,(H,21,22)(H2,15,16,17)/t9-,10+,11+/m0/s1. The Labute approximate surface area is 144 Å². The summed E-state index contributed by atoms with van der Waals surface area (Å²) in [6.07, 6.45) is 1.12. The van der Waals surface area contributed by atoms with E-state index < -0.39 is 26.0 Å². The molecule has 10 nitrogen and oxygen atoms in total. The summed E-state index contributed by atoms with van der Waals surface area (Å²) >= 11 is 0. The van der Waals surface area contributed by atoms with Crippen LogP contribution < -0.4 is 5.73 Å². The van der Waals surface area contributed by atoms with Crippen LogP contribution in [0.1, 0.15) is 26.5 Å². The van der Waals surface area contributed by atoms with Crippen molar-refractivity contribution in [1.82, 2.24) is 19.5 Å². The molecule has 0 saturated carbocycles. The maximum absolute atomic E-state index is 12.0. The topological polar surface area (TPSA) is 146 Å². The van der Waals surface area contributed by atoms with E-state index in [1.54, 1.807) is 4.57 Å². The Morgan fingerprint density at radius 2 is 2.24 bits per heavy atom. The molecule has 2 aromatic rings. The minimum atomic E-state index is -3.70. The van der Waals surface area contributed by atoms with E-state index >= 15 is 0 Å². The van der Waals surface area contributed by atoms with E-state index in [0.717, 1.165) is 0 Å². The molecule has 0 radical (unpaired) electrons. The molecule has 4 atom stereocenters. The Balaban J connectivity index is 1.69. The lowest BCUT2D eigenvalue weighted by Gasteiger charge is -2.19. The van der Waals surface area contributed by atoms with Crippen molar-refractivity contribution in [3.05, 3.63) is 12.7 Å². The van der Waals surface area contributed by atoms with E-state index in [1.165, 1.54) is 12.7 Å². The van der Waals surface area contributed by atoms with Crippen LogP contribution in [0.4, 0.5) is 5.82 Å². The van der Waals surface area contributed by atoms with E-state index in [4.69, 9.17) is 15.0 Å². The number of aliphatic hydroxyl groups excluding tert-OH is 1. The quantitative estimate of drug-likeness (QED) is 0.631. The van der Waals surface area contributed by atoms with E-state index in [9.17, 15) is 14.6 Å². The van der Waals surface area contributed by atoms with Crippen LogP contribution in [-0.4, -0.2) is 54.5 Å². The molecule has 0 amide bonds. The number of nitrogen functional groups attached to an aromatic ring is 1. The molecule has 1 unspecified atom stereocenters. The van der Waals surface area contributed by atoms with Crippen molar-refractivity contribution >= 4 is 24.6 Å². The SMILES string of the molecule is CC(C)CP(=O)(O)OC[C@H]1O[C@@H](n2cnc3c(N)ncnc32)C[C@@H]1O. The van der Waals surface area contributed by atoms with Gasteiger partial charge in [0.2, 0.25) is 0 Å². The van der Waals surface area contributed by atoms with E-state index in [1.807, 2.05) is 13.8 Å². The molecule has 1 fully saturated rings. The maximum atomic E-state index is 12.0. The molecule has 2 aromatic heterocycles. The first-order valence-corrected chi connectivity index (χ1v) is 9.76. The van der Waals surface area contributed by atoms with Gasteiger partial charge in [0.1, 0.15) is 24.2 Å². The van der Waals surface area contributed by atoms with Crippen LogP contribution in [0.3, 0.4) is 0 Å². The van der Waals surface area contributed by atoms with Gasteiger partial charge in [-0.15, -0.1) is 0 Å². The first-order valence-electron chi connectivity index (χ1n) is 7.99. The number of nitrogens with zero attached hydrogens (tertiary/aromatic N) is 4. The first kappa shape index (κ1) is 18.2. The van der Waals surface area contributed by atoms with Crippen molar-refractivity contribution in [1.29, 1.82) is 0 Å². The monoisotopic (exact) mass is 371 g/mol. The fourth-order valence-corrected chi connectivity index (χ4v) is 4.23. The van der Waals surface area contributed by atoms with Crippen molar-refractivity contribution in [2.45, 2.75) is 38.7 Å². The number of hydrogen-bond donors (Lipinski definition) is 3. The third-order valence-electron chi connectivity index (χ3n) is 3.94. The second-order valence-corrected chi connectivity index (χ2v) is 8.42. The van der Waals surface area contributed by atoms with E-state index in [0.29, 0.717) is 11.2 Å². The lowest BCUT2D eigenvalue weighted by atomic mass is 10.2. The number of imidazole rings is 1. The highest BCUT2D eigenvalue weighted by Crippen LogP contribution is 2.44. The van der Waals surface area contributed by atoms with Gasteiger partial charge in [0, 0.05) is 6.42 Å². The maximum Gasteiger partial charge on any atom is 0.328 e. The van der Waals surface area contributed by atoms with Gasteiger partial charge in [-0.2, -0.15) is 0 Å². The van der Waals surface area contributed by atoms with Gasteiger partial charge in [-0.05, 0) is 5.92 Å². The molecule has 3 rings (SSSR count). The van der Waals surface area contributed by atoms with Crippen LogP contribution in [0.5, 0.6) is 0 Å². The Bertz CT molecular complexity index is 797. The van der Waals surface area contributed by atoms with Crippen LogP contribution in [0.25, 0.3) is 11.2 Å². The largest absolute Gasteiger partial charge is 0.390 e. The number of hydrogen-bond acceptors (Lipinski definition) is 8. The number of fused-ring (bicyclic) bond motifs is 1. The predicted octanol–water partition coefficient (Wildman–Crippen LogP) is 0.915. The fraction of sp³-hybridized carbons (Fsp3) is 0.643. The van der Waals surface area contributed by atoms with Gasteiger partial charge in [-0.25, -0.2) is 15.0 Å². The molecular formula is C14H22N5O5P. The van der Waals surface area contributed by atoms with Crippen molar-refractivity contribution in [2.75, 3.05) is 18.5 Å². The van der Waals surface area contributed by atoms with Crippen molar-refractivity contribution < 1.29 is 23.8 Å². The molecule has 25 heavy (non-hydrogen) atoms. The van der Waals surface area contributed by atoms with Crippen molar-refractivity contribution in [2.24, 2.45) is 5.92 Å². The van der Waals surface area contributed by atoms with Gasteiger partial charge in [0.15, 0.2) is 11.5 Å². The summed E-state index contributed by atoms with van der Waals surface area (Å²) in [6.45, 7) is 3.50. The van der Waals surface area contributed by atoms with E-state index in [-0.39, 0.29) is 30.9 Å². The predicted molar refractivity (Wildman–Crippen MR) is 89.8 cm³/mol. The zero-order valence-electron chi connectivity index (χ0n) is 14.0. The normalized spacial score (nSPS) is 26.4. The summed E-state index contributed by atoms with van der Waals surface area (Å²) in [5.41, 5.74) is 6.72. The molecule has 4 N–H and O–H groups in total. The molecule has 3 heterocycles. The highest BCUT2D eigenvalue weighted by Gasteiger charge is 2.37. The smallest absolute Gasteiger partial charge is 0.328 e. The average Bonchev–Trinajstić information content (AvgIpc) is 3.08. The number of rotatable bonds is 6. The summed E-state index contributed by atoms with van der Waals surface area (Å²) in [6, 6.07) is 0. The van der Waals surface area contributed by atoms with Gasteiger partial charge in [-0.3, -0.25) is 9.13 Å². The zero-order valence-corrected chi connectivity index (χ0v) is 14.9. The van der Waals surface area contributed by atoms with Crippen LogP contribution in [0.2, 0.25) is 0 Å². The fourth-order valence-electron chi connectivity index (χ4n) is 2.82. The van der Waals surface area contributed by atoms with Crippen LogP contribution in [0, 0.1) is 5.92 Å². The Morgan fingerprint density at radius 1 is 1.48 bits per heavy atom. The van der Waals surface area contributed by atoms with Gasteiger partial charge >= 0.3 is 7.60 Å². The highest BCUT2D eigenvalue weighted by molar-refractivity contribution is 7.52. The Morgan fingerprint density at radius 3 is 2.96 bits per heavy atom. The lowest BCUT2D eigenvalue weighted by molar-refractivity contribution is -0.0397. The average molecular weight is 371 g/mol. The minimum Gasteiger partial charge on any atom is -0.390 e. The van der Waals surface area contributed by atoms with Gasteiger partial charge in [-0.1, -0.05) is 13.8 Å². The third kappa shape index (κ3) is 3.99. The van der Waals surface area contributed by atoms with Crippen molar-refractivity contribution in [3.8, 4) is 0 Å². The van der Waals surface area contributed by atoms with Gasteiger partial charge in [0.05, 0.1) is 25.2 Å². The molecule has 11 heteroatoms. The van der Waals surface area contributed by atoms with Gasteiger partial charge < -0.3 is 25.0 Å². The molecule has 0 aromatic carbocycles. The number of nitrogens with two attached hydrogens (primary N) is 1. The summed E-state index contributed by atoms with van der Waals surface area (Å²) in [5, 5.41) is 10.2. The van der Waals surface area contributed by atoms with Crippen molar-refractivity contribution in [3.63, 3.8) is 0 Å². The van der Waals surface area contributed by atoms with E-state index in [2.05, 4.69) is 15.0 Å². The molecular weight excluding hydrogens is 349 g/mol. The third-order valence-corrected chi connectivity index (χ3v) is 5.68. The zero-order chi connectivity index (χ0) is 18.2. The summed E-state index contributed by atoms with van der Waals surface area (Å²) < 4.78 is 24.5. The Kier molecular flexibility index (Phi) is 5.08. The van der Waals surface area contributed by atoms with Crippen LogP contribution >= 0.6 is 7.60 Å². The minimum absolute atomic E-state index is 0.0282. The number of anilines is 1. The number of aliphatic hydroxyl groups is 1. The van der Waals surface area contributed by atoms with Crippen LogP contribution in [0.15, 0.2) is 12.7 Å². The molecule has 0 bridgehead atoms. The number of aromatic nitrogens is 4. The molecule has 138 valence electrons. The summed E-state index contributed by atoms with van der Waals surface area (Å²) in [5.74, 6) is 0.289. The Hall–Kier alpha value is -1.58. The molecule has 1 aliphatic rings. The summed E-state index contributed by atoms with van der Waals surface area (Å²) in [7, 11) is -3.70. The molecule has 0 aliphatic carbocycles. The lowest BCUT2D eigenvalue weighted by Crippen LogP contribution is -2.26. The molecule has 0 spiro atoms. The second-order valence-electron chi connectivity index (χ2n) is 6.52. The highest BCUT2D eigenvalue weighted by atomic mass is 31.2.